The van der Waals surface area contributed by atoms with Gasteiger partial charge in [0, 0.05) is 22.0 Å². The third-order valence-electron chi connectivity index (χ3n) is 6.01. The van der Waals surface area contributed by atoms with Crippen LogP contribution < -0.4 is 10.3 Å². The molecule has 0 aliphatic heterocycles. The minimum atomic E-state index is -1.09. The Morgan fingerprint density at radius 1 is 1.23 bits per heavy atom. The number of ether oxygens (including phenoxy) is 1. The molecule has 4 aromatic rings. The number of fused-ring (bicyclic) bond motifs is 1. The van der Waals surface area contributed by atoms with Crippen LogP contribution in [0.4, 0.5) is 5.69 Å². The second-order valence-corrected chi connectivity index (χ2v) is 10.5. The van der Waals surface area contributed by atoms with Gasteiger partial charge in [0.15, 0.2) is 0 Å². The molecule has 1 aromatic heterocycles. The van der Waals surface area contributed by atoms with Gasteiger partial charge in [0.25, 0.3) is 5.56 Å². The molecule has 0 saturated heterocycles. The summed E-state index contributed by atoms with van der Waals surface area (Å²) in [6.45, 7) is 3.84. The van der Waals surface area contributed by atoms with Crippen LogP contribution in [0.5, 0.6) is 5.75 Å². The van der Waals surface area contributed by atoms with E-state index in [1.165, 1.54) is 29.1 Å². The predicted octanol–water partition coefficient (Wildman–Crippen LogP) is 6.50. The van der Waals surface area contributed by atoms with E-state index in [0.29, 0.717) is 32.3 Å². The number of rotatable bonds is 9. The zero-order valence-corrected chi connectivity index (χ0v) is 24.0. The van der Waals surface area contributed by atoms with Crippen LogP contribution >= 0.6 is 31.9 Å². The van der Waals surface area contributed by atoms with Gasteiger partial charge in [0.2, 0.25) is 5.75 Å². The average molecular weight is 658 g/mol. The summed E-state index contributed by atoms with van der Waals surface area (Å²) in [6, 6.07) is 14.2. The van der Waals surface area contributed by atoms with Gasteiger partial charge in [-0.1, -0.05) is 41.9 Å². The van der Waals surface area contributed by atoms with Crippen molar-refractivity contribution >= 4 is 60.6 Å². The fraction of sp³-hybridized carbons (Fsp3) is 0.185. The summed E-state index contributed by atoms with van der Waals surface area (Å²) < 4.78 is 7.96. The lowest BCUT2D eigenvalue weighted by Crippen LogP contribution is -2.23. The van der Waals surface area contributed by atoms with Crippen LogP contribution in [0.25, 0.3) is 10.9 Å². The molecule has 200 valence electrons. The molecule has 10 nitrogen and oxygen atoms in total. The van der Waals surface area contributed by atoms with Gasteiger partial charge in [-0.15, -0.1) is 0 Å². The molecule has 4 rings (SSSR count). The molecule has 0 amide bonds. The lowest BCUT2D eigenvalue weighted by molar-refractivity contribution is -0.386. The van der Waals surface area contributed by atoms with Crippen LogP contribution in [0.1, 0.15) is 53.5 Å². The molecule has 1 N–H and O–H groups in total. The highest BCUT2D eigenvalue weighted by Crippen LogP contribution is 2.36. The highest BCUT2D eigenvalue weighted by molar-refractivity contribution is 9.10. The zero-order valence-electron chi connectivity index (χ0n) is 20.8. The van der Waals surface area contributed by atoms with Crippen LogP contribution in [0.3, 0.4) is 0 Å². The van der Waals surface area contributed by atoms with Crippen LogP contribution in [-0.2, 0) is 6.61 Å². The first-order valence-electron chi connectivity index (χ1n) is 11.8. The Morgan fingerprint density at radius 3 is 2.69 bits per heavy atom. The molecular weight excluding hydrogens is 636 g/mol. The van der Waals surface area contributed by atoms with Crippen molar-refractivity contribution in [1.82, 2.24) is 9.66 Å². The lowest BCUT2D eigenvalue weighted by atomic mass is 10.1. The van der Waals surface area contributed by atoms with Gasteiger partial charge in [-0.3, -0.25) is 14.9 Å². The van der Waals surface area contributed by atoms with E-state index in [2.05, 4.69) is 41.9 Å². The third kappa shape index (κ3) is 6.23. The SMILES string of the molecule is CC[C@@H](C)c1nc2ccc(Br)cc2c(=O)n1N=Cc1cc(Br)c(OCc2cccc(C(=O)O)c2)c([N+](=O)[O-])c1. The van der Waals surface area contributed by atoms with Crippen molar-refractivity contribution in [3.8, 4) is 5.75 Å². The molecule has 0 fully saturated rings. The predicted molar refractivity (Wildman–Crippen MR) is 154 cm³/mol. The number of hydrogen-bond donors (Lipinski definition) is 1. The summed E-state index contributed by atoms with van der Waals surface area (Å²) in [5.41, 5.74) is 0.844. The quantitative estimate of drug-likeness (QED) is 0.123. The number of aromatic nitrogens is 2. The van der Waals surface area contributed by atoms with Gasteiger partial charge in [0.1, 0.15) is 12.4 Å². The summed E-state index contributed by atoms with van der Waals surface area (Å²) in [6.07, 6.45) is 2.08. The van der Waals surface area contributed by atoms with Crippen molar-refractivity contribution in [3.63, 3.8) is 0 Å². The van der Waals surface area contributed by atoms with Gasteiger partial charge in [-0.05, 0) is 64.3 Å². The van der Waals surface area contributed by atoms with Gasteiger partial charge >= 0.3 is 11.7 Å². The molecule has 3 aromatic carbocycles. The summed E-state index contributed by atoms with van der Waals surface area (Å²) in [5, 5.41) is 25.8. The molecule has 0 saturated carbocycles. The van der Waals surface area contributed by atoms with E-state index in [-0.39, 0.29) is 35.1 Å². The van der Waals surface area contributed by atoms with Gasteiger partial charge < -0.3 is 9.84 Å². The molecule has 0 aliphatic rings. The maximum atomic E-state index is 13.3. The van der Waals surface area contributed by atoms with E-state index in [0.717, 1.165) is 10.9 Å². The van der Waals surface area contributed by atoms with Crippen LogP contribution in [-0.4, -0.2) is 31.9 Å². The van der Waals surface area contributed by atoms with E-state index in [9.17, 15) is 24.8 Å². The Balaban J connectivity index is 1.71. The van der Waals surface area contributed by atoms with Crippen molar-refractivity contribution in [3.05, 3.63) is 107 Å². The zero-order chi connectivity index (χ0) is 28.3. The van der Waals surface area contributed by atoms with E-state index in [1.54, 1.807) is 30.3 Å². The average Bonchev–Trinajstić information content (AvgIpc) is 2.91. The highest BCUT2D eigenvalue weighted by atomic mass is 79.9. The topological polar surface area (TPSA) is 137 Å². The minimum absolute atomic E-state index is 0.0208. The van der Waals surface area contributed by atoms with E-state index in [1.807, 2.05) is 19.9 Å². The van der Waals surface area contributed by atoms with Crippen molar-refractivity contribution in [2.45, 2.75) is 32.8 Å². The molecule has 0 bridgehead atoms. The number of carboxylic acids is 1. The largest absolute Gasteiger partial charge is 0.481 e. The second-order valence-electron chi connectivity index (χ2n) is 8.70. The summed E-state index contributed by atoms with van der Waals surface area (Å²) in [7, 11) is 0. The normalized spacial score (nSPS) is 12.1. The summed E-state index contributed by atoms with van der Waals surface area (Å²) in [5.74, 6) is -0.699. The fourth-order valence-corrected chi connectivity index (χ4v) is 4.75. The third-order valence-corrected chi connectivity index (χ3v) is 7.09. The first-order valence-corrected chi connectivity index (χ1v) is 13.4. The first-order chi connectivity index (χ1) is 18.6. The maximum Gasteiger partial charge on any atom is 0.335 e. The van der Waals surface area contributed by atoms with Gasteiger partial charge in [-0.2, -0.15) is 9.78 Å². The molecular formula is C27H22Br2N4O6. The molecule has 39 heavy (non-hydrogen) atoms. The van der Waals surface area contributed by atoms with Gasteiger partial charge in [0.05, 0.1) is 32.1 Å². The standard InChI is InChI=1S/C27H22Br2N4O6/c1-3-15(2)25-31-22-8-7-19(28)12-20(22)26(34)32(25)30-13-17-10-21(29)24(23(11-17)33(37)38)39-14-16-5-4-6-18(9-16)27(35)36/h4-13,15H,3,14H2,1-2H3,(H,35,36)/t15-/m1/s1. The Hall–Kier alpha value is -3.90. The van der Waals surface area contributed by atoms with E-state index < -0.39 is 10.9 Å². The number of carboxylic acid groups (broad SMARTS) is 1. The van der Waals surface area contributed by atoms with E-state index >= 15 is 0 Å². The van der Waals surface area contributed by atoms with Crippen molar-refractivity contribution in [2.75, 3.05) is 0 Å². The molecule has 0 spiro atoms. The Kier molecular flexibility index (Phi) is 8.56. The molecule has 0 aliphatic carbocycles. The summed E-state index contributed by atoms with van der Waals surface area (Å²) in [4.78, 5) is 40.5. The number of benzene rings is 3. The molecule has 1 heterocycles. The van der Waals surface area contributed by atoms with Gasteiger partial charge in [-0.25, -0.2) is 9.78 Å². The Morgan fingerprint density at radius 2 is 2.00 bits per heavy atom. The Labute approximate surface area is 239 Å². The van der Waals surface area contributed by atoms with Crippen LogP contribution in [0, 0.1) is 10.1 Å². The molecule has 12 heteroatoms. The first kappa shape index (κ1) is 28.1. The number of halogens is 2. The fourth-order valence-electron chi connectivity index (χ4n) is 3.81. The molecule has 1 atom stereocenters. The lowest BCUT2D eigenvalue weighted by Gasteiger charge is -2.14. The molecule has 0 radical (unpaired) electrons. The number of hydrogen-bond acceptors (Lipinski definition) is 7. The second kappa shape index (κ2) is 11.9. The maximum absolute atomic E-state index is 13.3. The number of nitro benzene ring substituents is 1. The highest BCUT2D eigenvalue weighted by Gasteiger charge is 2.21. The summed E-state index contributed by atoms with van der Waals surface area (Å²) >= 11 is 6.72. The number of carbonyl (C=O) groups is 1. The monoisotopic (exact) mass is 656 g/mol. The van der Waals surface area contributed by atoms with Crippen molar-refractivity contribution < 1.29 is 19.6 Å². The number of nitro groups is 1. The van der Waals surface area contributed by atoms with Crippen LogP contribution in [0.2, 0.25) is 0 Å². The van der Waals surface area contributed by atoms with Crippen molar-refractivity contribution in [1.29, 1.82) is 0 Å². The van der Waals surface area contributed by atoms with Crippen LogP contribution in [0.15, 0.2) is 73.4 Å². The number of aromatic carboxylic acids is 1. The van der Waals surface area contributed by atoms with E-state index in [4.69, 9.17) is 4.74 Å². The molecule has 0 unspecified atom stereocenters. The minimum Gasteiger partial charge on any atom is -0.481 e. The number of nitrogens with zero attached hydrogens (tertiary/aromatic N) is 4. The Bertz CT molecular complexity index is 1690. The van der Waals surface area contributed by atoms with Crippen molar-refractivity contribution in [2.24, 2.45) is 5.10 Å². The smallest absolute Gasteiger partial charge is 0.335 e.